The molecule has 11 nitrogen and oxygen atoms in total. The van der Waals surface area contributed by atoms with Gasteiger partial charge in [0.2, 0.25) is 6.79 Å². The second-order valence-electron chi connectivity index (χ2n) is 7.94. The van der Waals surface area contributed by atoms with Crippen LogP contribution in [-0.2, 0) is 10.2 Å². The number of ether oxygens (including phenoxy) is 3. The Balaban J connectivity index is 1.38. The van der Waals surface area contributed by atoms with Gasteiger partial charge in [-0.1, -0.05) is 6.07 Å². The van der Waals surface area contributed by atoms with Crippen LogP contribution in [0, 0.1) is 10.1 Å². The predicted octanol–water partition coefficient (Wildman–Crippen LogP) is 2.38. The lowest BCUT2D eigenvalue weighted by atomic mass is 9.74. The van der Waals surface area contributed by atoms with Crippen LogP contribution in [0.15, 0.2) is 49.1 Å². The van der Waals surface area contributed by atoms with Crippen molar-refractivity contribution in [1.29, 1.82) is 0 Å². The summed E-state index contributed by atoms with van der Waals surface area (Å²) in [6.07, 6.45) is 4.09. The van der Waals surface area contributed by atoms with E-state index >= 15 is 0 Å². The van der Waals surface area contributed by atoms with Crippen LogP contribution in [-0.4, -0.2) is 52.1 Å². The summed E-state index contributed by atoms with van der Waals surface area (Å²) >= 11 is 0. The first-order valence-corrected chi connectivity index (χ1v) is 10.5. The number of carbonyl (C=O) groups excluding carboxylic acids is 1. The minimum absolute atomic E-state index is 0.189. The molecule has 2 aromatic carbocycles. The van der Waals surface area contributed by atoms with Crippen LogP contribution < -0.4 is 14.8 Å². The van der Waals surface area contributed by atoms with Crippen molar-refractivity contribution in [1.82, 2.24) is 20.1 Å². The molecule has 2 aliphatic heterocycles. The van der Waals surface area contributed by atoms with Crippen molar-refractivity contribution in [2.24, 2.45) is 0 Å². The first-order valence-electron chi connectivity index (χ1n) is 10.5. The number of fused-ring (bicyclic) bond motifs is 1. The smallest absolute Gasteiger partial charge is 0.295 e. The van der Waals surface area contributed by atoms with E-state index in [9.17, 15) is 14.9 Å². The fourth-order valence-corrected chi connectivity index (χ4v) is 4.24. The molecule has 5 rings (SSSR count). The van der Waals surface area contributed by atoms with E-state index in [4.69, 9.17) is 14.2 Å². The van der Waals surface area contributed by atoms with E-state index in [1.807, 2.05) is 18.2 Å². The molecule has 1 fully saturated rings. The van der Waals surface area contributed by atoms with E-state index in [-0.39, 0.29) is 29.1 Å². The Hall–Kier alpha value is -3.99. The fourth-order valence-electron chi connectivity index (χ4n) is 4.24. The third-order valence-corrected chi connectivity index (χ3v) is 6.12. The summed E-state index contributed by atoms with van der Waals surface area (Å²) in [6, 6.07) is 10.1. The highest BCUT2D eigenvalue weighted by atomic mass is 16.7. The van der Waals surface area contributed by atoms with Gasteiger partial charge >= 0.3 is 0 Å². The molecule has 2 aliphatic rings. The number of nitrogens with one attached hydrogen (secondary N) is 1. The maximum atomic E-state index is 13.0. The van der Waals surface area contributed by atoms with Crippen molar-refractivity contribution >= 4 is 11.6 Å². The monoisotopic (exact) mass is 451 g/mol. The first-order chi connectivity index (χ1) is 16.1. The number of benzene rings is 2. The largest absolute Gasteiger partial charge is 0.454 e. The van der Waals surface area contributed by atoms with E-state index in [1.54, 1.807) is 0 Å². The second-order valence-corrected chi connectivity index (χ2v) is 7.94. The summed E-state index contributed by atoms with van der Waals surface area (Å²) in [4.78, 5) is 27.9. The fraction of sp³-hybridized carbons (Fsp3) is 0.318. The molecule has 0 aliphatic carbocycles. The Bertz CT molecular complexity index is 1190. The van der Waals surface area contributed by atoms with E-state index in [2.05, 4.69) is 15.4 Å². The molecule has 0 unspecified atom stereocenters. The van der Waals surface area contributed by atoms with Crippen molar-refractivity contribution in [2.75, 3.05) is 26.6 Å². The third kappa shape index (κ3) is 3.98. The van der Waals surface area contributed by atoms with Crippen molar-refractivity contribution in [3.8, 4) is 17.2 Å². The highest BCUT2D eigenvalue weighted by Crippen LogP contribution is 2.40. The Morgan fingerprint density at radius 1 is 1.15 bits per heavy atom. The summed E-state index contributed by atoms with van der Waals surface area (Å²) in [6.45, 7) is 1.69. The van der Waals surface area contributed by atoms with Gasteiger partial charge in [-0.3, -0.25) is 14.9 Å². The molecule has 3 aromatic rings. The van der Waals surface area contributed by atoms with Gasteiger partial charge in [-0.2, -0.15) is 5.10 Å². The maximum Gasteiger partial charge on any atom is 0.295 e. The number of hydrogen-bond donors (Lipinski definition) is 1. The molecule has 11 heteroatoms. The van der Waals surface area contributed by atoms with Crippen LogP contribution in [0.25, 0.3) is 5.69 Å². The average molecular weight is 451 g/mol. The molecular formula is C22H21N5O6. The number of nitro groups is 1. The summed E-state index contributed by atoms with van der Waals surface area (Å²) in [7, 11) is 0. The minimum atomic E-state index is -0.541. The molecule has 33 heavy (non-hydrogen) atoms. The second kappa shape index (κ2) is 8.51. The molecule has 1 saturated heterocycles. The molecule has 0 atom stereocenters. The van der Waals surface area contributed by atoms with Crippen LogP contribution in [0.3, 0.4) is 0 Å². The molecule has 1 aromatic heterocycles. The standard InChI is InChI=1S/C22H21N5O6/c28-21(15-1-3-17(18(9-15)27(29)30)26-13-23-12-25-26)24-11-22(5-7-31-8-6-22)16-2-4-19-20(10-16)33-14-32-19/h1-4,9-10,12-13H,5-8,11,14H2,(H,24,28). The van der Waals surface area contributed by atoms with Gasteiger partial charge in [0, 0.05) is 36.8 Å². The first kappa shape index (κ1) is 20.9. The van der Waals surface area contributed by atoms with Gasteiger partial charge in [0.25, 0.3) is 11.6 Å². The van der Waals surface area contributed by atoms with Gasteiger partial charge < -0.3 is 19.5 Å². The molecule has 170 valence electrons. The molecule has 1 N–H and O–H groups in total. The van der Waals surface area contributed by atoms with Crippen molar-refractivity contribution in [3.63, 3.8) is 0 Å². The molecule has 3 heterocycles. The van der Waals surface area contributed by atoms with E-state index in [0.717, 1.165) is 18.4 Å². The molecule has 0 spiro atoms. The molecule has 0 radical (unpaired) electrons. The van der Waals surface area contributed by atoms with E-state index in [0.29, 0.717) is 31.3 Å². The number of amides is 1. The Kier molecular flexibility index (Phi) is 5.38. The lowest BCUT2D eigenvalue weighted by molar-refractivity contribution is -0.384. The van der Waals surface area contributed by atoms with Crippen LogP contribution in [0.1, 0.15) is 28.8 Å². The Morgan fingerprint density at radius 3 is 2.73 bits per heavy atom. The Labute approximate surface area is 188 Å². The van der Waals surface area contributed by atoms with Crippen molar-refractivity contribution < 1.29 is 23.9 Å². The van der Waals surface area contributed by atoms with Gasteiger partial charge in [-0.25, -0.2) is 9.67 Å². The molecular weight excluding hydrogens is 430 g/mol. The number of aromatic nitrogens is 3. The molecule has 0 saturated carbocycles. The minimum Gasteiger partial charge on any atom is -0.454 e. The van der Waals surface area contributed by atoms with E-state index in [1.165, 1.54) is 35.5 Å². The summed E-state index contributed by atoms with van der Waals surface area (Å²) in [5.74, 6) is 0.989. The van der Waals surface area contributed by atoms with Crippen LogP contribution >= 0.6 is 0 Å². The van der Waals surface area contributed by atoms with Gasteiger partial charge in [-0.15, -0.1) is 0 Å². The van der Waals surface area contributed by atoms with Gasteiger partial charge in [0.15, 0.2) is 11.5 Å². The zero-order valence-corrected chi connectivity index (χ0v) is 17.6. The topological polar surface area (TPSA) is 131 Å². The molecule has 0 bridgehead atoms. The zero-order chi connectivity index (χ0) is 22.8. The summed E-state index contributed by atoms with van der Waals surface area (Å²) < 4.78 is 17.8. The summed E-state index contributed by atoms with van der Waals surface area (Å²) in [5.41, 5.74) is 0.878. The number of nitro benzene ring substituents is 1. The number of carbonyl (C=O) groups is 1. The number of nitrogens with zero attached hydrogens (tertiary/aromatic N) is 4. The quantitative estimate of drug-likeness (QED) is 0.447. The SMILES string of the molecule is O=C(NCC1(c2ccc3c(c2)OCO3)CCOCC1)c1ccc(-n2cncn2)c([N+](=O)[O-])c1. The van der Waals surface area contributed by atoms with Crippen LogP contribution in [0.5, 0.6) is 11.5 Å². The van der Waals surface area contributed by atoms with Gasteiger partial charge in [0.1, 0.15) is 18.3 Å². The molecule has 1 amide bonds. The Morgan fingerprint density at radius 2 is 1.97 bits per heavy atom. The van der Waals surface area contributed by atoms with E-state index < -0.39 is 10.8 Å². The van der Waals surface area contributed by atoms with Gasteiger partial charge in [0.05, 0.1) is 4.92 Å². The van der Waals surface area contributed by atoms with Crippen molar-refractivity contribution in [3.05, 3.63) is 70.3 Å². The van der Waals surface area contributed by atoms with Crippen LogP contribution in [0.4, 0.5) is 5.69 Å². The van der Waals surface area contributed by atoms with Gasteiger partial charge in [-0.05, 0) is 42.7 Å². The zero-order valence-electron chi connectivity index (χ0n) is 17.6. The highest BCUT2D eigenvalue weighted by molar-refractivity contribution is 5.95. The number of hydrogen-bond acceptors (Lipinski definition) is 8. The van der Waals surface area contributed by atoms with Crippen molar-refractivity contribution in [2.45, 2.75) is 18.3 Å². The summed E-state index contributed by atoms with van der Waals surface area (Å²) in [5, 5.41) is 18.5. The predicted molar refractivity (Wildman–Crippen MR) is 115 cm³/mol. The van der Waals surface area contributed by atoms with Crippen LogP contribution in [0.2, 0.25) is 0 Å². The maximum absolute atomic E-state index is 13.0. The highest BCUT2D eigenvalue weighted by Gasteiger charge is 2.36. The third-order valence-electron chi connectivity index (χ3n) is 6.12. The lowest BCUT2D eigenvalue weighted by Gasteiger charge is -2.38. The lowest BCUT2D eigenvalue weighted by Crippen LogP contribution is -2.44. The normalized spacial score (nSPS) is 16.4. The average Bonchev–Trinajstić information content (AvgIpc) is 3.54. The number of rotatable bonds is 6.